The van der Waals surface area contributed by atoms with Gasteiger partial charge in [0.15, 0.2) is 0 Å². The maximum Gasteiger partial charge on any atom is 0.0558 e. The van der Waals surface area contributed by atoms with Crippen molar-refractivity contribution >= 4 is 11.6 Å². The summed E-state index contributed by atoms with van der Waals surface area (Å²) < 4.78 is 0. The van der Waals surface area contributed by atoms with Crippen LogP contribution in [0.15, 0.2) is 0 Å². The molecule has 0 aliphatic carbocycles. The minimum Gasteiger partial charge on any atom is -0.395 e. The van der Waals surface area contributed by atoms with E-state index < -0.39 is 0 Å². The van der Waals surface area contributed by atoms with E-state index in [0.29, 0.717) is 0 Å². The standard InChI is InChI=1S/C9H22N2O.C6H14ClN.C4H11NO/c1-4-5-11(8-9-12)7-6-10(2)3;1-3-8(4-2)6-5-7;1-2-5-3-4-6/h12H,4-9H2,1-3H3;3-6H2,1-2H3;5-6H,2-4H2,1H3. The van der Waals surface area contributed by atoms with Crippen LogP contribution in [0.3, 0.4) is 0 Å². The number of nitrogens with one attached hydrogen (secondary N) is 1. The smallest absolute Gasteiger partial charge is 0.0558 e. The van der Waals surface area contributed by atoms with Gasteiger partial charge in [0.05, 0.1) is 13.2 Å². The molecule has 0 heterocycles. The lowest BCUT2D eigenvalue weighted by molar-refractivity contribution is 0.183. The maximum absolute atomic E-state index is 8.77. The molecule has 0 aliphatic heterocycles. The minimum absolute atomic E-state index is 0.244. The van der Waals surface area contributed by atoms with Crippen LogP contribution >= 0.6 is 11.6 Å². The molecule has 162 valence electrons. The van der Waals surface area contributed by atoms with E-state index in [1.54, 1.807) is 0 Å². The Balaban J connectivity index is -0.000000328. The van der Waals surface area contributed by atoms with Gasteiger partial charge in [0.2, 0.25) is 0 Å². The van der Waals surface area contributed by atoms with Crippen molar-refractivity contribution in [1.82, 2.24) is 20.0 Å². The Morgan fingerprint density at radius 2 is 1.38 bits per heavy atom. The number of aliphatic hydroxyl groups excluding tert-OH is 2. The topological polar surface area (TPSA) is 62.2 Å². The van der Waals surface area contributed by atoms with Crippen molar-refractivity contribution in [3.8, 4) is 0 Å². The normalized spacial score (nSPS) is 10.6. The van der Waals surface area contributed by atoms with Crippen LogP contribution < -0.4 is 5.32 Å². The van der Waals surface area contributed by atoms with Crippen molar-refractivity contribution in [1.29, 1.82) is 0 Å². The zero-order valence-corrected chi connectivity index (χ0v) is 19.1. The second-order valence-corrected chi connectivity index (χ2v) is 6.54. The van der Waals surface area contributed by atoms with Crippen LogP contribution in [-0.4, -0.2) is 117 Å². The highest BCUT2D eigenvalue weighted by atomic mass is 35.5. The number of alkyl halides is 1. The number of likely N-dealkylation sites (N-methyl/N-ethyl adjacent to an activating group) is 2. The first kappa shape index (κ1) is 30.8. The van der Waals surface area contributed by atoms with Gasteiger partial charge in [-0.1, -0.05) is 27.7 Å². The molecule has 3 N–H and O–H groups in total. The molecule has 0 aliphatic rings. The number of nitrogens with zero attached hydrogens (tertiary/aromatic N) is 3. The number of hydrogen-bond donors (Lipinski definition) is 3. The average molecular weight is 399 g/mol. The molecule has 0 bridgehead atoms. The third-order valence-electron chi connectivity index (χ3n) is 3.65. The molecule has 0 aromatic heterocycles. The SMILES string of the molecule is CCCN(CCO)CCN(C)C.CCN(CC)CCCl.CCNCCO. The Bertz CT molecular complexity index is 224. The Labute approximate surface area is 168 Å². The van der Waals surface area contributed by atoms with Crippen molar-refractivity contribution in [2.75, 3.05) is 92.1 Å². The van der Waals surface area contributed by atoms with Gasteiger partial charge in [-0.15, -0.1) is 11.6 Å². The van der Waals surface area contributed by atoms with E-state index in [4.69, 9.17) is 21.8 Å². The van der Waals surface area contributed by atoms with Crippen molar-refractivity contribution in [2.24, 2.45) is 0 Å². The Morgan fingerprint density at radius 1 is 0.769 bits per heavy atom. The molecule has 0 unspecified atom stereocenters. The fourth-order valence-electron chi connectivity index (χ4n) is 2.05. The van der Waals surface area contributed by atoms with Crippen LogP contribution in [0.4, 0.5) is 0 Å². The molecule has 0 spiro atoms. The van der Waals surface area contributed by atoms with E-state index in [1.807, 2.05) is 6.92 Å². The Morgan fingerprint density at radius 3 is 1.65 bits per heavy atom. The Hall–Kier alpha value is 0.0500. The van der Waals surface area contributed by atoms with Gasteiger partial charge in [-0.25, -0.2) is 0 Å². The minimum atomic E-state index is 0.244. The summed E-state index contributed by atoms with van der Waals surface area (Å²) in [5.41, 5.74) is 0. The summed E-state index contributed by atoms with van der Waals surface area (Å²) in [4.78, 5) is 6.76. The summed E-state index contributed by atoms with van der Waals surface area (Å²) in [5, 5.41) is 19.9. The molecule has 7 heteroatoms. The molecule has 0 atom stereocenters. The second-order valence-electron chi connectivity index (χ2n) is 6.16. The zero-order valence-electron chi connectivity index (χ0n) is 18.3. The third-order valence-corrected chi connectivity index (χ3v) is 3.82. The second kappa shape index (κ2) is 27.3. The number of aliphatic hydroxyl groups is 2. The molecule has 0 rings (SSSR count). The van der Waals surface area contributed by atoms with E-state index >= 15 is 0 Å². The van der Waals surface area contributed by atoms with E-state index in [0.717, 1.165) is 71.2 Å². The van der Waals surface area contributed by atoms with Crippen molar-refractivity contribution in [2.45, 2.75) is 34.1 Å². The van der Waals surface area contributed by atoms with Gasteiger partial charge in [-0.2, -0.15) is 0 Å². The molecule has 0 aromatic carbocycles. The van der Waals surface area contributed by atoms with Crippen LogP contribution in [-0.2, 0) is 0 Å². The van der Waals surface area contributed by atoms with Gasteiger partial charge >= 0.3 is 0 Å². The van der Waals surface area contributed by atoms with E-state index in [1.165, 1.54) is 0 Å². The van der Waals surface area contributed by atoms with Gasteiger partial charge < -0.3 is 25.3 Å². The monoisotopic (exact) mass is 398 g/mol. The van der Waals surface area contributed by atoms with E-state index in [9.17, 15) is 0 Å². The molecule has 0 fully saturated rings. The van der Waals surface area contributed by atoms with Crippen molar-refractivity contribution in [3.05, 3.63) is 0 Å². The van der Waals surface area contributed by atoms with Gasteiger partial charge in [-0.3, -0.25) is 4.90 Å². The summed E-state index contributed by atoms with van der Waals surface area (Å²) >= 11 is 5.51. The summed E-state index contributed by atoms with van der Waals surface area (Å²) in [6.07, 6.45) is 1.16. The predicted octanol–water partition coefficient (Wildman–Crippen LogP) is 1.41. The summed E-state index contributed by atoms with van der Waals surface area (Å²) in [6, 6.07) is 0. The van der Waals surface area contributed by atoms with Crippen LogP contribution in [0, 0.1) is 0 Å². The quantitative estimate of drug-likeness (QED) is 0.304. The van der Waals surface area contributed by atoms with Crippen molar-refractivity contribution in [3.63, 3.8) is 0 Å². The molecule has 0 radical (unpaired) electrons. The molecule has 0 aromatic rings. The van der Waals surface area contributed by atoms with Crippen LogP contribution in [0.2, 0.25) is 0 Å². The molecule has 26 heavy (non-hydrogen) atoms. The summed E-state index contributed by atoms with van der Waals surface area (Å²) in [5.74, 6) is 0.752. The first-order valence-electron chi connectivity index (χ1n) is 10.0. The van der Waals surface area contributed by atoms with E-state index in [-0.39, 0.29) is 13.2 Å². The molecule has 0 saturated heterocycles. The van der Waals surface area contributed by atoms with Gasteiger partial charge in [0, 0.05) is 38.6 Å². The van der Waals surface area contributed by atoms with Crippen LogP contribution in [0.1, 0.15) is 34.1 Å². The number of halogens is 1. The van der Waals surface area contributed by atoms with Crippen LogP contribution in [0.25, 0.3) is 0 Å². The predicted molar refractivity (Wildman–Crippen MR) is 117 cm³/mol. The Kier molecular flexibility index (Phi) is 32.3. The van der Waals surface area contributed by atoms with Gasteiger partial charge in [0.1, 0.15) is 0 Å². The van der Waals surface area contributed by atoms with Crippen LogP contribution in [0.5, 0.6) is 0 Å². The van der Waals surface area contributed by atoms with Gasteiger partial charge in [0.25, 0.3) is 0 Å². The fraction of sp³-hybridized carbons (Fsp3) is 1.00. The highest BCUT2D eigenvalue weighted by Gasteiger charge is 2.02. The molecule has 0 saturated carbocycles. The van der Waals surface area contributed by atoms with Gasteiger partial charge in [-0.05, 0) is 46.7 Å². The fourth-order valence-corrected chi connectivity index (χ4v) is 2.29. The highest BCUT2D eigenvalue weighted by molar-refractivity contribution is 6.18. The first-order chi connectivity index (χ1) is 12.5. The summed E-state index contributed by atoms with van der Waals surface area (Å²) in [7, 11) is 4.14. The summed E-state index contributed by atoms with van der Waals surface area (Å²) in [6.45, 7) is 17.9. The third kappa shape index (κ3) is 28.8. The van der Waals surface area contributed by atoms with E-state index in [2.05, 4.69) is 54.9 Å². The number of hydrogen-bond acceptors (Lipinski definition) is 6. The largest absolute Gasteiger partial charge is 0.395 e. The zero-order chi connectivity index (χ0) is 20.6. The average Bonchev–Trinajstić information content (AvgIpc) is 2.63. The highest BCUT2D eigenvalue weighted by Crippen LogP contribution is 1.91. The van der Waals surface area contributed by atoms with Crippen molar-refractivity contribution < 1.29 is 10.2 Å². The molecular weight excluding hydrogens is 352 g/mol. The molecular formula is C19H47ClN4O2. The number of rotatable bonds is 14. The molecule has 0 amide bonds. The lowest BCUT2D eigenvalue weighted by Gasteiger charge is -2.22. The maximum atomic E-state index is 8.77. The first-order valence-corrected chi connectivity index (χ1v) is 10.6. The lowest BCUT2D eigenvalue weighted by Crippen LogP contribution is -2.34. The lowest BCUT2D eigenvalue weighted by atomic mass is 10.4. The molecule has 6 nitrogen and oxygen atoms in total.